The van der Waals surface area contributed by atoms with Gasteiger partial charge in [0.15, 0.2) is 0 Å². The van der Waals surface area contributed by atoms with Crippen molar-refractivity contribution in [2.45, 2.75) is 26.4 Å². The molecule has 0 fully saturated rings. The molecule has 1 heterocycles. The van der Waals surface area contributed by atoms with E-state index >= 15 is 0 Å². The van der Waals surface area contributed by atoms with Crippen molar-refractivity contribution in [1.82, 2.24) is 9.88 Å². The van der Waals surface area contributed by atoms with E-state index in [-0.39, 0.29) is 12.5 Å². The van der Waals surface area contributed by atoms with Crippen LogP contribution in [0.2, 0.25) is 0 Å². The molecule has 20 heavy (non-hydrogen) atoms. The summed E-state index contributed by atoms with van der Waals surface area (Å²) in [6.45, 7) is 6.08. The highest BCUT2D eigenvalue weighted by Crippen LogP contribution is 2.22. The van der Waals surface area contributed by atoms with Crippen LogP contribution in [0.5, 0.6) is 0 Å². The van der Waals surface area contributed by atoms with Gasteiger partial charge in [-0.2, -0.15) is 0 Å². The van der Waals surface area contributed by atoms with Crippen molar-refractivity contribution in [2.24, 2.45) is 0 Å². The summed E-state index contributed by atoms with van der Waals surface area (Å²) < 4.78 is 0.755. The van der Waals surface area contributed by atoms with Gasteiger partial charge in [-0.05, 0) is 42.8 Å². The van der Waals surface area contributed by atoms with Gasteiger partial charge in [0.05, 0.1) is 11.2 Å². The Morgan fingerprint density at radius 3 is 2.50 bits per heavy atom. The monoisotopic (exact) mass is 343 g/mol. The van der Waals surface area contributed by atoms with Gasteiger partial charge in [0.25, 0.3) is 5.91 Å². The number of likely N-dealkylation sites (N-methyl/N-ethyl adjacent to an activating group) is 1. The first-order valence-electron chi connectivity index (χ1n) is 6.50. The van der Waals surface area contributed by atoms with Crippen molar-refractivity contribution >= 4 is 27.7 Å². The predicted molar refractivity (Wildman–Crippen MR) is 84.1 cm³/mol. The van der Waals surface area contributed by atoms with E-state index in [4.69, 9.17) is 0 Å². The zero-order valence-corrected chi connectivity index (χ0v) is 14.2. The van der Waals surface area contributed by atoms with Crippen LogP contribution >= 0.6 is 15.9 Å². The van der Waals surface area contributed by atoms with E-state index in [1.165, 1.54) is 0 Å². The van der Waals surface area contributed by atoms with Crippen LogP contribution in [0.3, 0.4) is 0 Å². The predicted octanol–water partition coefficient (Wildman–Crippen LogP) is 2.14. The molecule has 1 aromatic rings. The summed E-state index contributed by atoms with van der Waals surface area (Å²) in [6.07, 6.45) is 1.67. The Kier molecular flexibility index (Phi) is 5.53. The molecule has 0 radical (unpaired) electrons. The average molecular weight is 344 g/mol. The van der Waals surface area contributed by atoms with Crippen LogP contribution in [0.1, 0.15) is 31.1 Å². The standard InChI is InChI=1S/C14H22BrN3O2/c1-6-18(9-14(2,3)20)13(19)11-7-10(15)8-16-12(11)17(4)5/h7-8,20H,6,9H2,1-5H3. The number of hydrogen-bond donors (Lipinski definition) is 1. The van der Waals surface area contributed by atoms with Crippen LogP contribution in [0, 0.1) is 0 Å². The highest BCUT2D eigenvalue weighted by atomic mass is 79.9. The number of aromatic nitrogens is 1. The molecular formula is C14H22BrN3O2. The Hall–Kier alpha value is -1.14. The van der Waals surface area contributed by atoms with Gasteiger partial charge in [0.1, 0.15) is 5.82 Å². The molecule has 0 aliphatic heterocycles. The van der Waals surface area contributed by atoms with Gasteiger partial charge in [-0.1, -0.05) is 0 Å². The number of pyridine rings is 1. The molecule has 0 aliphatic rings. The second-order valence-electron chi connectivity index (χ2n) is 5.55. The van der Waals surface area contributed by atoms with Gasteiger partial charge in [-0.15, -0.1) is 0 Å². The van der Waals surface area contributed by atoms with E-state index in [0.29, 0.717) is 17.9 Å². The SMILES string of the molecule is CCN(CC(C)(C)O)C(=O)c1cc(Br)cnc1N(C)C. The number of hydrogen-bond acceptors (Lipinski definition) is 4. The van der Waals surface area contributed by atoms with Crippen LogP contribution in [-0.4, -0.2) is 53.7 Å². The fourth-order valence-corrected chi connectivity index (χ4v) is 2.24. The minimum Gasteiger partial charge on any atom is -0.389 e. The Labute approximate surface area is 128 Å². The number of aliphatic hydroxyl groups is 1. The number of nitrogens with zero attached hydrogens (tertiary/aromatic N) is 3. The Morgan fingerprint density at radius 2 is 2.05 bits per heavy atom. The third kappa shape index (κ3) is 4.45. The molecule has 0 aromatic carbocycles. The van der Waals surface area contributed by atoms with Crippen LogP contribution in [0.4, 0.5) is 5.82 Å². The number of carbonyl (C=O) groups excluding carboxylic acids is 1. The first kappa shape index (κ1) is 16.9. The Bertz CT molecular complexity index is 484. The fraction of sp³-hybridized carbons (Fsp3) is 0.571. The second-order valence-corrected chi connectivity index (χ2v) is 6.47. The molecule has 0 spiro atoms. The fourth-order valence-electron chi connectivity index (χ4n) is 1.91. The summed E-state index contributed by atoms with van der Waals surface area (Å²) in [6, 6.07) is 1.76. The maximum atomic E-state index is 12.7. The number of amides is 1. The number of halogens is 1. The molecule has 1 rings (SSSR count). The van der Waals surface area contributed by atoms with E-state index in [2.05, 4.69) is 20.9 Å². The Morgan fingerprint density at radius 1 is 1.45 bits per heavy atom. The first-order chi connectivity index (χ1) is 9.15. The molecule has 0 aliphatic carbocycles. The lowest BCUT2D eigenvalue weighted by Crippen LogP contribution is -2.42. The summed E-state index contributed by atoms with van der Waals surface area (Å²) in [5.74, 6) is 0.486. The van der Waals surface area contributed by atoms with E-state index < -0.39 is 5.60 Å². The molecular weight excluding hydrogens is 322 g/mol. The summed E-state index contributed by atoms with van der Waals surface area (Å²) >= 11 is 3.35. The average Bonchev–Trinajstić information content (AvgIpc) is 2.33. The number of rotatable bonds is 5. The number of carbonyl (C=O) groups is 1. The van der Waals surface area contributed by atoms with Crippen molar-refractivity contribution in [3.05, 3.63) is 22.3 Å². The summed E-state index contributed by atoms with van der Waals surface area (Å²) in [7, 11) is 3.69. The van der Waals surface area contributed by atoms with Gasteiger partial charge in [-0.25, -0.2) is 4.98 Å². The van der Waals surface area contributed by atoms with Crippen LogP contribution in [-0.2, 0) is 0 Å². The highest BCUT2D eigenvalue weighted by Gasteiger charge is 2.25. The topological polar surface area (TPSA) is 56.7 Å². The van der Waals surface area contributed by atoms with Gasteiger partial charge in [0.2, 0.25) is 0 Å². The van der Waals surface area contributed by atoms with Gasteiger partial charge < -0.3 is 14.9 Å². The summed E-state index contributed by atoms with van der Waals surface area (Å²) in [5, 5.41) is 9.92. The molecule has 0 bridgehead atoms. The minimum absolute atomic E-state index is 0.132. The van der Waals surface area contributed by atoms with E-state index in [0.717, 1.165) is 4.47 Å². The van der Waals surface area contributed by atoms with Gasteiger partial charge in [-0.3, -0.25) is 4.79 Å². The molecule has 0 unspecified atom stereocenters. The molecule has 1 aromatic heterocycles. The third-order valence-corrected chi connectivity index (χ3v) is 3.17. The molecule has 1 amide bonds. The van der Waals surface area contributed by atoms with Crippen LogP contribution < -0.4 is 4.90 Å². The molecule has 6 heteroatoms. The van der Waals surface area contributed by atoms with E-state index in [9.17, 15) is 9.90 Å². The summed E-state index contributed by atoms with van der Waals surface area (Å²) in [4.78, 5) is 20.4. The van der Waals surface area contributed by atoms with Crippen molar-refractivity contribution in [3.63, 3.8) is 0 Å². The molecule has 1 N–H and O–H groups in total. The molecule has 0 atom stereocenters. The number of anilines is 1. The quantitative estimate of drug-likeness (QED) is 0.889. The molecule has 112 valence electrons. The highest BCUT2D eigenvalue weighted by molar-refractivity contribution is 9.10. The van der Waals surface area contributed by atoms with E-state index in [1.807, 2.05) is 21.0 Å². The first-order valence-corrected chi connectivity index (χ1v) is 7.29. The second kappa shape index (κ2) is 6.54. The Balaban J connectivity index is 3.15. The maximum absolute atomic E-state index is 12.7. The van der Waals surface area contributed by atoms with Crippen molar-refractivity contribution in [1.29, 1.82) is 0 Å². The van der Waals surface area contributed by atoms with E-state index in [1.54, 1.807) is 35.9 Å². The lowest BCUT2D eigenvalue weighted by Gasteiger charge is -2.29. The van der Waals surface area contributed by atoms with Gasteiger partial charge in [0, 0.05) is 37.9 Å². The minimum atomic E-state index is -0.927. The molecule has 0 saturated heterocycles. The molecule has 5 nitrogen and oxygen atoms in total. The largest absolute Gasteiger partial charge is 0.389 e. The lowest BCUT2D eigenvalue weighted by molar-refractivity contribution is 0.0315. The van der Waals surface area contributed by atoms with Crippen molar-refractivity contribution < 1.29 is 9.90 Å². The van der Waals surface area contributed by atoms with Crippen molar-refractivity contribution in [2.75, 3.05) is 32.1 Å². The zero-order chi connectivity index (χ0) is 15.5. The van der Waals surface area contributed by atoms with Crippen molar-refractivity contribution in [3.8, 4) is 0 Å². The van der Waals surface area contributed by atoms with Crippen LogP contribution in [0.15, 0.2) is 16.7 Å². The normalized spacial score (nSPS) is 11.3. The zero-order valence-electron chi connectivity index (χ0n) is 12.6. The van der Waals surface area contributed by atoms with Crippen LogP contribution in [0.25, 0.3) is 0 Å². The maximum Gasteiger partial charge on any atom is 0.257 e. The smallest absolute Gasteiger partial charge is 0.257 e. The summed E-state index contributed by atoms with van der Waals surface area (Å²) in [5.41, 5.74) is -0.404. The lowest BCUT2D eigenvalue weighted by atomic mass is 10.1. The third-order valence-electron chi connectivity index (χ3n) is 2.73. The van der Waals surface area contributed by atoms with Gasteiger partial charge >= 0.3 is 0 Å². The molecule has 0 saturated carbocycles.